The van der Waals surface area contributed by atoms with Crippen LogP contribution in [-0.2, 0) is 0 Å². The molecule has 1 aromatic rings. The maximum Gasteiger partial charge on any atom is 0.154 e. The van der Waals surface area contributed by atoms with Gasteiger partial charge in [0.05, 0.1) is 17.8 Å². The predicted octanol–water partition coefficient (Wildman–Crippen LogP) is 2.62. The molecule has 0 saturated carbocycles. The Morgan fingerprint density at radius 2 is 1.73 bits per heavy atom. The minimum atomic E-state index is 0.534. The zero-order valence-corrected chi connectivity index (χ0v) is 11.6. The van der Waals surface area contributed by atoms with Crippen molar-refractivity contribution in [3.63, 3.8) is 0 Å². The first kappa shape index (κ1) is 11.7. The summed E-state index contributed by atoms with van der Waals surface area (Å²) in [4.78, 5) is 12.3. The van der Waals surface area contributed by atoms with Crippen LogP contribution in [0.5, 0.6) is 5.75 Å². The molecule has 0 aliphatic carbocycles. The number of aryl methyl sites for hydroxylation is 2. The van der Waals surface area contributed by atoms with Gasteiger partial charge >= 0.3 is 0 Å². The van der Waals surface area contributed by atoms with Gasteiger partial charge in [-0.1, -0.05) is 22.8 Å². The molecule has 2 unspecified atom stereocenters. The van der Waals surface area contributed by atoms with Crippen LogP contribution < -0.4 is 14.6 Å². The summed E-state index contributed by atoms with van der Waals surface area (Å²) >= 11 is 0. The topological polar surface area (TPSA) is 36.5 Å². The molecule has 82 valence electrons. The fourth-order valence-corrected chi connectivity index (χ4v) is 4.87. The normalized spacial score (nSPS) is 22.5. The van der Waals surface area contributed by atoms with Crippen LogP contribution in [0.15, 0.2) is 18.2 Å². The van der Waals surface area contributed by atoms with E-state index in [0.717, 1.165) is 5.75 Å². The number of nitrogens with one attached hydrogen (secondary N) is 2. The molecule has 1 saturated heterocycles. The molecule has 0 bridgehead atoms. The van der Waals surface area contributed by atoms with Crippen LogP contribution in [0.25, 0.3) is 0 Å². The van der Waals surface area contributed by atoms with E-state index < -0.39 is 0 Å². The lowest BCUT2D eigenvalue weighted by Gasteiger charge is -2.27. The SMILES string of the molecule is Cc1cccc(C)c1ON1PNPNP1. The molecule has 4 nitrogen and oxygen atoms in total. The highest BCUT2D eigenvalue weighted by molar-refractivity contribution is 7.65. The zero-order chi connectivity index (χ0) is 10.7. The van der Waals surface area contributed by atoms with Gasteiger partial charge in [-0.2, -0.15) is 0 Å². The molecule has 15 heavy (non-hydrogen) atoms. The minimum Gasteiger partial charge on any atom is -0.396 e. The molecule has 1 aliphatic heterocycles. The van der Waals surface area contributed by atoms with Gasteiger partial charge in [-0.25, -0.2) is 0 Å². The van der Waals surface area contributed by atoms with Crippen LogP contribution >= 0.6 is 26.6 Å². The first-order valence-corrected chi connectivity index (χ1v) is 7.47. The van der Waals surface area contributed by atoms with Gasteiger partial charge in [0, 0.05) is 8.88 Å². The van der Waals surface area contributed by atoms with Gasteiger partial charge in [0.1, 0.15) is 0 Å². The number of hydrogen-bond acceptors (Lipinski definition) is 4. The second-order valence-electron chi connectivity index (χ2n) is 3.21. The van der Waals surface area contributed by atoms with Crippen molar-refractivity contribution in [3.8, 4) is 5.75 Å². The summed E-state index contributed by atoms with van der Waals surface area (Å²) in [5, 5.41) is 0. The molecule has 0 radical (unpaired) electrons. The average Bonchev–Trinajstić information content (AvgIpc) is 2.25. The quantitative estimate of drug-likeness (QED) is 0.802. The molecule has 0 amide bonds. The van der Waals surface area contributed by atoms with E-state index in [2.05, 4.69) is 41.8 Å². The van der Waals surface area contributed by atoms with Crippen molar-refractivity contribution >= 4 is 26.6 Å². The fraction of sp³-hybridized carbons (Fsp3) is 0.250. The molecule has 2 rings (SSSR count). The average molecular weight is 261 g/mol. The van der Waals surface area contributed by atoms with Gasteiger partial charge in [0.2, 0.25) is 0 Å². The van der Waals surface area contributed by atoms with Gasteiger partial charge in [-0.05, 0) is 25.0 Å². The van der Waals surface area contributed by atoms with Crippen LogP contribution in [-0.4, -0.2) is 4.60 Å². The number of nitrogens with zero attached hydrogens (tertiary/aromatic N) is 1. The Kier molecular flexibility index (Phi) is 4.28. The molecule has 2 N–H and O–H groups in total. The zero-order valence-electron chi connectivity index (χ0n) is 8.59. The largest absolute Gasteiger partial charge is 0.396 e. The van der Waals surface area contributed by atoms with E-state index in [0.29, 0.717) is 26.6 Å². The van der Waals surface area contributed by atoms with Gasteiger partial charge in [0.25, 0.3) is 0 Å². The van der Waals surface area contributed by atoms with E-state index in [1.807, 2.05) is 4.60 Å². The maximum atomic E-state index is 5.85. The Morgan fingerprint density at radius 3 is 2.33 bits per heavy atom. The second-order valence-corrected chi connectivity index (χ2v) is 7.16. The molecule has 2 atom stereocenters. The highest BCUT2D eigenvalue weighted by Crippen LogP contribution is 2.39. The summed E-state index contributed by atoms with van der Waals surface area (Å²) < 4.78 is 1.94. The van der Waals surface area contributed by atoms with Crippen LogP contribution in [0.2, 0.25) is 0 Å². The van der Waals surface area contributed by atoms with Crippen molar-refractivity contribution < 1.29 is 4.84 Å². The standard InChI is InChI=1S/C8H14N3OP3/c1-6-4-3-5-7(2)8(6)12-11-14-9-13-10-15-11/h3-5,9-10,13-15H,1-2H3. The Balaban J connectivity index is 2.09. The summed E-state index contributed by atoms with van der Waals surface area (Å²) in [6.45, 7) is 4.14. The van der Waals surface area contributed by atoms with E-state index in [4.69, 9.17) is 4.84 Å². The number of hydrogen-bond donors (Lipinski definition) is 2. The molecule has 0 aromatic heterocycles. The van der Waals surface area contributed by atoms with E-state index in [1.165, 1.54) is 11.1 Å². The lowest BCUT2D eigenvalue weighted by atomic mass is 10.1. The van der Waals surface area contributed by atoms with Crippen molar-refractivity contribution in [2.24, 2.45) is 0 Å². The smallest absolute Gasteiger partial charge is 0.154 e. The lowest BCUT2D eigenvalue weighted by molar-refractivity contribution is 0.144. The van der Waals surface area contributed by atoms with E-state index in [1.54, 1.807) is 0 Å². The van der Waals surface area contributed by atoms with E-state index in [-0.39, 0.29) is 0 Å². The number of benzene rings is 1. The highest BCUT2D eigenvalue weighted by Gasteiger charge is 2.13. The van der Waals surface area contributed by atoms with Crippen molar-refractivity contribution in [2.75, 3.05) is 0 Å². The summed E-state index contributed by atoms with van der Waals surface area (Å²) in [5.41, 5.74) is 2.36. The minimum absolute atomic E-state index is 0.534. The summed E-state index contributed by atoms with van der Waals surface area (Å²) in [6.07, 6.45) is 0. The third-order valence-corrected chi connectivity index (χ3v) is 5.19. The molecule has 1 fully saturated rings. The van der Waals surface area contributed by atoms with Crippen molar-refractivity contribution in [1.82, 2.24) is 14.3 Å². The van der Waals surface area contributed by atoms with Crippen molar-refractivity contribution in [1.29, 1.82) is 0 Å². The van der Waals surface area contributed by atoms with E-state index in [9.17, 15) is 0 Å². The highest BCUT2D eigenvalue weighted by atomic mass is 31.2. The number of rotatable bonds is 2. The molecule has 1 aliphatic rings. The van der Waals surface area contributed by atoms with Crippen molar-refractivity contribution in [3.05, 3.63) is 29.3 Å². The number of para-hydroxylation sites is 1. The first-order chi connectivity index (χ1) is 7.27. The summed E-state index contributed by atoms with van der Waals surface area (Å²) in [5.74, 6) is 0.978. The Bertz CT molecular complexity index is 324. The van der Waals surface area contributed by atoms with Gasteiger partial charge in [-0.15, -0.1) is 0 Å². The monoisotopic (exact) mass is 261 g/mol. The van der Waals surface area contributed by atoms with Crippen LogP contribution in [0.1, 0.15) is 11.1 Å². The fourth-order valence-electron chi connectivity index (χ4n) is 1.30. The van der Waals surface area contributed by atoms with Crippen LogP contribution in [0.3, 0.4) is 0 Å². The van der Waals surface area contributed by atoms with E-state index >= 15 is 0 Å². The van der Waals surface area contributed by atoms with Gasteiger partial charge in [0.15, 0.2) is 5.75 Å². The molecular weight excluding hydrogens is 247 g/mol. The third kappa shape index (κ3) is 3.07. The maximum absolute atomic E-state index is 5.85. The van der Waals surface area contributed by atoms with Gasteiger partial charge in [-0.3, -0.25) is 9.72 Å². The summed E-state index contributed by atoms with van der Waals surface area (Å²) in [6, 6.07) is 6.19. The lowest BCUT2D eigenvalue weighted by Crippen LogP contribution is -2.20. The Morgan fingerprint density at radius 1 is 1.13 bits per heavy atom. The summed E-state index contributed by atoms with van der Waals surface area (Å²) in [7, 11) is 1.71. The first-order valence-electron chi connectivity index (χ1n) is 4.58. The molecule has 1 aromatic carbocycles. The second kappa shape index (κ2) is 5.50. The molecule has 7 heteroatoms. The Hall–Kier alpha value is 0.190. The molecular formula is C8H14N3OP3. The van der Waals surface area contributed by atoms with Gasteiger partial charge < -0.3 is 4.84 Å². The van der Waals surface area contributed by atoms with Crippen molar-refractivity contribution in [2.45, 2.75) is 13.8 Å². The third-order valence-electron chi connectivity index (χ3n) is 2.03. The molecule has 0 spiro atoms. The van der Waals surface area contributed by atoms with Crippen LogP contribution in [0.4, 0.5) is 0 Å². The molecule has 1 heterocycles. The van der Waals surface area contributed by atoms with Crippen LogP contribution in [0, 0.1) is 13.8 Å². The Labute approximate surface area is 95.2 Å². The predicted molar refractivity (Wildman–Crippen MR) is 69.6 cm³/mol.